The van der Waals surface area contributed by atoms with Crippen LogP contribution in [-0.2, 0) is 4.79 Å². The number of rotatable bonds is 4. The molecule has 0 amide bonds. The summed E-state index contributed by atoms with van der Waals surface area (Å²) in [6, 6.07) is 10.6. The number of hydrogen-bond donors (Lipinski definition) is 4. The smallest absolute Gasteiger partial charge is 0.159 e. The van der Waals surface area contributed by atoms with E-state index in [0.717, 1.165) is 11.1 Å². The Kier molecular flexibility index (Phi) is 14.7. The monoisotopic (exact) mass is 486 g/mol. The van der Waals surface area contributed by atoms with Crippen molar-refractivity contribution in [1.82, 2.24) is 15.2 Å². The molecular weight excluding hydrogens is 463 g/mol. The highest BCUT2D eigenvalue weighted by atomic mass is 35.5. The number of H-pyrrole nitrogens is 1. The van der Waals surface area contributed by atoms with Crippen molar-refractivity contribution >= 4 is 46.8 Å². The van der Waals surface area contributed by atoms with Crippen molar-refractivity contribution < 1.29 is 14.3 Å². The van der Waals surface area contributed by atoms with E-state index in [1.54, 1.807) is 50.6 Å². The number of nitrogens with zero attached hydrogens (tertiary/aromatic N) is 2. The summed E-state index contributed by atoms with van der Waals surface area (Å²) >= 11 is 13.0. The van der Waals surface area contributed by atoms with Crippen molar-refractivity contribution in [1.29, 1.82) is 5.41 Å². The quantitative estimate of drug-likeness (QED) is 0.188. The zero-order chi connectivity index (χ0) is 23.8. The Morgan fingerprint density at radius 2 is 1.61 bits per heavy atom. The lowest BCUT2D eigenvalue weighted by Gasteiger charge is -2.07. The minimum Gasteiger partial charge on any atom is -0.496 e. The Hall–Kier alpha value is -2.63. The van der Waals surface area contributed by atoms with Gasteiger partial charge in [-0.05, 0) is 42.7 Å². The van der Waals surface area contributed by atoms with Gasteiger partial charge in [-0.3, -0.25) is 22.2 Å². The molecule has 0 aliphatic carbocycles. The first-order valence-corrected chi connectivity index (χ1v) is 10.3. The van der Waals surface area contributed by atoms with Gasteiger partial charge < -0.3 is 14.3 Å². The molecule has 9 nitrogen and oxygen atoms in total. The molecule has 1 heterocycles. The van der Waals surface area contributed by atoms with Crippen molar-refractivity contribution in [2.75, 3.05) is 20.5 Å². The van der Waals surface area contributed by atoms with E-state index in [4.69, 9.17) is 42.9 Å². The Bertz CT molecular complexity index is 929. The number of carbonyl (C=O) groups is 1. The summed E-state index contributed by atoms with van der Waals surface area (Å²) < 4.78 is 10.3. The van der Waals surface area contributed by atoms with E-state index in [1.807, 2.05) is 13.0 Å². The number of methoxy groups -OCH3 is 2. The molecule has 2 aromatic carbocycles. The predicted octanol–water partition coefficient (Wildman–Crippen LogP) is 3.80. The summed E-state index contributed by atoms with van der Waals surface area (Å²) in [4.78, 5) is 12.0. The van der Waals surface area contributed by atoms with Gasteiger partial charge in [0.15, 0.2) is 5.82 Å². The summed E-state index contributed by atoms with van der Waals surface area (Å²) in [6.45, 7) is 2.00. The van der Waals surface area contributed by atoms with E-state index in [1.165, 1.54) is 18.1 Å². The second-order valence-electron chi connectivity index (χ2n) is 5.06. The third-order valence-corrected chi connectivity index (χ3v) is 4.54. The molecule has 3 aromatic rings. The zero-order valence-corrected chi connectivity index (χ0v) is 19.5. The molecule has 3 rings (SSSR count). The zero-order valence-electron chi connectivity index (χ0n) is 17.2. The van der Waals surface area contributed by atoms with Crippen LogP contribution in [0.3, 0.4) is 0 Å². The predicted molar refractivity (Wildman–Crippen MR) is 127 cm³/mol. The lowest BCUT2D eigenvalue weighted by atomic mass is 10.2. The van der Waals surface area contributed by atoms with E-state index in [2.05, 4.69) is 26.9 Å². The summed E-state index contributed by atoms with van der Waals surface area (Å²) in [7, 11) is 3.18. The molecule has 12 heteroatoms. The Morgan fingerprint density at radius 1 is 1.06 bits per heavy atom. The molecule has 0 radical (unpaired) electrons. The first-order chi connectivity index (χ1) is 15.0. The van der Waals surface area contributed by atoms with Crippen LogP contribution < -0.4 is 21.2 Å². The van der Waals surface area contributed by atoms with Crippen molar-refractivity contribution in [3.8, 4) is 22.9 Å². The molecule has 0 fully saturated rings. The number of ether oxygens (including phenoxy) is 2. The summed E-state index contributed by atoms with van der Waals surface area (Å²) in [5, 5.41) is 15.9. The molecule has 0 saturated heterocycles. The third kappa shape index (κ3) is 8.95. The number of carbonyl (C=O) groups excluding carboxylic acids is 1. The number of halogens is 2. The third-order valence-electron chi connectivity index (χ3n) is 3.44. The van der Waals surface area contributed by atoms with Gasteiger partial charge in [0.25, 0.3) is 0 Å². The number of aromatic amines is 1. The van der Waals surface area contributed by atoms with Crippen LogP contribution in [-0.4, -0.2) is 47.5 Å². The molecule has 0 aliphatic rings. The van der Waals surface area contributed by atoms with Crippen molar-refractivity contribution in [3.05, 3.63) is 58.3 Å². The van der Waals surface area contributed by atoms with Crippen LogP contribution in [0, 0.1) is 5.41 Å². The summed E-state index contributed by atoms with van der Waals surface area (Å²) in [5.74, 6) is 10.0. The number of hydrogen-bond acceptors (Lipinski definition) is 9. The highest BCUT2D eigenvalue weighted by molar-refractivity contribution is 8.13. The molecule has 0 spiro atoms. The minimum atomic E-state index is 0.458. The molecule has 31 heavy (non-hydrogen) atoms. The van der Waals surface area contributed by atoms with Gasteiger partial charge in [-0.1, -0.05) is 23.2 Å². The second-order valence-corrected chi connectivity index (χ2v) is 6.75. The highest BCUT2D eigenvalue weighted by Gasteiger charge is 2.09. The molecule has 0 atom stereocenters. The van der Waals surface area contributed by atoms with E-state index < -0.39 is 0 Å². The van der Waals surface area contributed by atoms with Gasteiger partial charge in [-0.25, -0.2) is 4.98 Å². The van der Waals surface area contributed by atoms with Gasteiger partial charge in [0.1, 0.15) is 24.6 Å². The summed E-state index contributed by atoms with van der Waals surface area (Å²) in [6.07, 6.45) is 3.29. The van der Waals surface area contributed by atoms with E-state index in [0.29, 0.717) is 32.4 Å². The molecule has 0 aliphatic heterocycles. The average molecular weight is 487 g/mol. The van der Waals surface area contributed by atoms with Gasteiger partial charge in [0, 0.05) is 15.6 Å². The lowest BCUT2D eigenvalue weighted by molar-refractivity contribution is -0.0979. The fourth-order valence-electron chi connectivity index (χ4n) is 2.17. The number of aromatic nitrogens is 3. The van der Waals surface area contributed by atoms with E-state index in [-0.39, 0.29) is 0 Å². The maximum atomic E-state index is 8.00. The molecule has 1 aromatic heterocycles. The SMILES string of the molecule is C=O.COc1ccc(Cl)cc1-c1ncn[nH]1.COc1ccc(Cl)cc1C(=N)SC.NN. The van der Waals surface area contributed by atoms with Crippen LogP contribution in [0.4, 0.5) is 0 Å². The molecule has 0 bridgehead atoms. The number of nitrogens with two attached hydrogens (primary N) is 2. The summed E-state index contributed by atoms with van der Waals surface area (Å²) in [5.41, 5.74) is 1.54. The van der Waals surface area contributed by atoms with Crippen LogP contribution in [0.1, 0.15) is 5.56 Å². The van der Waals surface area contributed by atoms with Gasteiger partial charge in [0.05, 0.1) is 24.8 Å². The Balaban J connectivity index is 0.000000502. The van der Waals surface area contributed by atoms with Gasteiger partial charge >= 0.3 is 0 Å². The number of nitrogens with one attached hydrogen (secondary N) is 2. The molecule has 0 saturated carbocycles. The van der Waals surface area contributed by atoms with Crippen LogP contribution in [0.15, 0.2) is 42.7 Å². The minimum absolute atomic E-state index is 0.458. The fourth-order valence-corrected chi connectivity index (χ4v) is 2.89. The van der Waals surface area contributed by atoms with Crippen molar-refractivity contribution in [3.63, 3.8) is 0 Å². The number of thioether (sulfide) groups is 1. The Labute approximate surface area is 194 Å². The van der Waals surface area contributed by atoms with E-state index >= 15 is 0 Å². The van der Waals surface area contributed by atoms with Crippen LogP contribution >= 0.6 is 35.0 Å². The number of benzene rings is 2. The maximum absolute atomic E-state index is 8.00. The van der Waals surface area contributed by atoms with E-state index in [9.17, 15) is 0 Å². The lowest BCUT2D eigenvalue weighted by Crippen LogP contribution is -2.02. The van der Waals surface area contributed by atoms with Crippen molar-refractivity contribution in [2.24, 2.45) is 11.7 Å². The first-order valence-electron chi connectivity index (χ1n) is 8.28. The molecule has 0 unspecified atom stereocenters. The highest BCUT2D eigenvalue weighted by Crippen LogP contribution is 2.29. The number of hydrazine groups is 1. The van der Waals surface area contributed by atoms with Crippen LogP contribution in [0.25, 0.3) is 11.4 Å². The van der Waals surface area contributed by atoms with Gasteiger partial charge in [-0.15, -0.1) is 11.8 Å². The van der Waals surface area contributed by atoms with Crippen molar-refractivity contribution in [2.45, 2.75) is 0 Å². The molecule has 6 N–H and O–H groups in total. The molecule has 168 valence electrons. The van der Waals surface area contributed by atoms with Crippen LogP contribution in [0.5, 0.6) is 11.5 Å². The van der Waals surface area contributed by atoms with Gasteiger partial charge in [-0.2, -0.15) is 5.10 Å². The Morgan fingerprint density at radius 3 is 2.10 bits per heavy atom. The molecular formula is C19H24Cl2N6O3S. The topological polar surface area (TPSA) is 153 Å². The van der Waals surface area contributed by atoms with Crippen LogP contribution in [0.2, 0.25) is 10.0 Å². The second kappa shape index (κ2) is 16.1. The van der Waals surface area contributed by atoms with Gasteiger partial charge in [0.2, 0.25) is 0 Å². The maximum Gasteiger partial charge on any atom is 0.159 e. The first kappa shape index (κ1) is 28.4. The standard InChI is InChI=1S/C9H8ClN3O.C9H10ClNOS.CH2O.H4N2/c1-14-8-3-2-6(10)4-7(8)9-11-5-12-13-9;1-12-8-4-3-6(10)5-7(8)9(11)13-2;2*1-2/h2-5H,1H3,(H,11,12,13);3-5,11H,1-2H3;1H2;1-2H2. The fraction of sp³-hybridized carbons (Fsp3) is 0.158. The normalized spacial score (nSPS) is 9.00. The largest absolute Gasteiger partial charge is 0.496 e. The average Bonchev–Trinajstić information content (AvgIpc) is 3.36.